The van der Waals surface area contributed by atoms with E-state index in [2.05, 4.69) is 36.3 Å². The molecule has 3 aromatic rings. The molecule has 28 heavy (non-hydrogen) atoms. The Hall–Kier alpha value is -2.93. The second-order valence-corrected chi connectivity index (χ2v) is 7.16. The molecular formula is C21H27N4O3+. The Balaban J connectivity index is 1.58. The molecule has 148 valence electrons. The van der Waals surface area contributed by atoms with Crippen molar-refractivity contribution in [2.75, 3.05) is 18.4 Å². The molecule has 0 aliphatic heterocycles. The molecule has 0 bridgehead atoms. The van der Waals surface area contributed by atoms with Gasteiger partial charge in [-0.25, -0.2) is 0 Å². The molecule has 1 unspecified atom stereocenters. The molecule has 2 aromatic heterocycles. The average molecular weight is 383 g/mol. The molecule has 0 fully saturated rings. The number of nitrogens with zero attached hydrogens (tertiary/aromatic N) is 2. The third-order valence-electron chi connectivity index (χ3n) is 4.48. The summed E-state index contributed by atoms with van der Waals surface area (Å²) in [4.78, 5) is 13.5. The fourth-order valence-corrected chi connectivity index (χ4v) is 3.02. The van der Waals surface area contributed by atoms with Crippen LogP contribution in [0.25, 0.3) is 11.7 Å². The maximum Gasteiger partial charge on any atom is 0.283 e. The zero-order valence-corrected chi connectivity index (χ0v) is 16.6. The molecule has 0 saturated carbocycles. The van der Waals surface area contributed by atoms with Crippen LogP contribution in [-0.2, 0) is 11.3 Å². The average Bonchev–Trinajstić information content (AvgIpc) is 3.33. The van der Waals surface area contributed by atoms with E-state index in [0.29, 0.717) is 36.5 Å². The summed E-state index contributed by atoms with van der Waals surface area (Å²) in [6.07, 6.45) is 2.51. The predicted octanol–water partition coefficient (Wildman–Crippen LogP) is 2.89. The van der Waals surface area contributed by atoms with Gasteiger partial charge in [-0.05, 0) is 42.2 Å². The number of furan rings is 1. The minimum absolute atomic E-state index is 0.0356. The molecule has 7 heteroatoms. The van der Waals surface area contributed by atoms with E-state index in [0.717, 1.165) is 23.6 Å². The number of anilines is 1. The van der Waals surface area contributed by atoms with Gasteiger partial charge < -0.3 is 19.1 Å². The third-order valence-corrected chi connectivity index (χ3v) is 4.48. The van der Waals surface area contributed by atoms with E-state index >= 15 is 0 Å². The predicted molar refractivity (Wildman–Crippen MR) is 106 cm³/mol. The molecule has 0 saturated heterocycles. The van der Waals surface area contributed by atoms with Gasteiger partial charge in [0.2, 0.25) is 0 Å². The summed E-state index contributed by atoms with van der Waals surface area (Å²) in [7, 11) is 0. The van der Waals surface area contributed by atoms with Gasteiger partial charge in [-0.15, -0.1) is 10.2 Å². The highest BCUT2D eigenvalue weighted by Crippen LogP contribution is 2.18. The summed E-state index contributed by atoms with van der Waals surface area (Å²) in [5, 5.41) is 11.1. The first-order valence-corrected chi connectivity index (χ1v) is 9.64. The van der Waals surface area contributed by atoms with Gasteiger partial charge in [0.1, 0.15) is 0 Å². The van der Waals surface area contributed by atoms with Crippen LogP contribution < -0.4 is 10.2 Å². The van der Waals surface area contributed by atoms with Crippen LogP contribution in [-0.4, -0.2) is 29.2 Å². The fraction of sp³-hybridized carbons (Fsp3) is 0.381. The van der Waals surface area contributed by atoms with Crippen molar-refractivity contribution < 1.29 is 18.5 Å². The van der Waals surface area contributed by atoms with Gasteiger partial charge in [-0.1, -0.05) is 32.9 Å². The second-order valence-electron chi connectivity index (χ2n) is 7.16. The highest BCUT2D eigenvalue weighted by molar-refractivity contribution is 5.91. The van der Waals surface area contributed by atoms with Gasteiger partial charge in [0, 0.05) is 5.69 Å². The topological polar surface area (TPSA) is 85.6 Å². The smallest absolute Gasteiger partial charge is 0.283 e. The number of benzene rings is 1. The molecule has 3 rings (SSSR count). The number of nitrogens with one attached hydrogen (secondary N) is 2. The van der Waals surface area contributed by atoms with E-state index in [1.165, 1.54) is 5.56 Å². The van der Waals surface area contributed by atoms with Gasteiger partial charge in [-0.3, -0.25) is 4.79 Å². The summed E-state index contributed by atoms with van der Waals surface area (Å²) in [6.45, 7) is 8.03. The molecule has 1 atom stereocenters. The molecule has 2 N–H and O–H groups in total. The molecular weight excluding hydrogens is 356 g/mol. The lowest BCUT2D eigenvalue weighted by Gasteiger charge is -2.16. The van der Waals surface area contributed by atoms with E-state index in [9.17, 15) is 4.79 Å². The van der Waals surface area contributed by atoms with Crippen molar-refractivity contribution in [1.82, 2.24) is 10.2 Å². The van der Waals surface area contributed by atoms with Crippen molar-refractivity contribution in [1.29, 1.82) is 0 Å². The van der Waals surface area contributed by atoms with Crippen molar-refractivity contribution >= 4 is 11.6 Å². The number of amides is 1. The number of quaternary nitrogens is 1. The maximum atomic E-state index is 12.5. The Morgan fingerprint density at radius 2 is 1.96 bits per heavy atom. The Morgan fingerprint density at radius 1 is 1.18 bits per heavy atom. The minimum Gasteiger partial charge on any atom is -0.459 e. The van der Waals surface area contributed by atoms with E-state index in [-0.39, 0.29) is 5.91 Å². The number of carbonyl (C=O) groups excluding carboxylic acids is 1. The molecule has 0 aliphatic rings. The van der Waals surface area contributed by atoms with Crippen LogP contribution >= 0.6 is 0 Å². The van der Waals surface area contributed by atoms with Crippen LogP contribution in [0.3, 0.4) is 0 Å². The van der Waals surface area contributed by atoms with E-state index in [1.807, 2.05) is 24.3 Å². The van der Waals surface area contributed by atoms with Crippen LogP contribution in [0.2, 0.25) is 0 Å². The number of aromatic nitrogens is 2. The van der Waals surface area contributed by atoms with Gasteiger partial charge in [0.25, 0.3) is 17.7 Å². The summed E-state index contributed by atoms with van der Waals surface area (Å²) in [6, 6.07) is 11.5. The molecule has 1 aromatic carbocycles. The van der Waals surface area contributed by atoms with Crippen molar-refractivity contribution in [3.63, 3.8) is 0 Å². The quantitative estimate of drug-likeness (QED) is 0.593. The van der Waals surface area contributed by atoms with E-state index in [1.54, 1.807) is 18.4 Å². The zero-order chi connectivity index (χ0) is 19.9. The van der Waals surface area contributed by atoms with Crippen LogP contribution in [0.15, 0.2) is 51.5 Å². The van der Waals surface area contributed by atoms with Crippen molar-refractivity contribution in [2.45, 2.75) is 39.7 Å². The SMILES string of the molecule is CCC[NH+](CC(=O)Nc1ccc(C(C)C)cc1)Cc1nnc(-c2ccco2)o1. The summed E-state index contributed by atoms with van der Waals surface area (Å²) in [5.41, 5.74) is 2.06. The minimum atomic E-state index is -0.0356. The Kier molecular flexibility index (Phi) is 6.60. The largest absolute Gasteiger partial charge is 0.459 e. The summed E-state index contributed by atoms with van der Waals surface area (Å²) < 4.78 is 10.9. The third kappa shape index (κ3) is 5.29. The monoisotopic (exact) mass is 383 g/mol. The first-order valence-electron chi connectivity index (χ1n) is 9.64. The Bertz CT molecular complexity index is 869. The van der Waals surface area contributed by atoms with Gasteiger partial charge in [-0.2, -0.15) is 0 Å². The van der Waals surface area contributed by atoms with Crippen LogP contribution in [0, 0.1) is 0 Å². The summed E-state index contributed by atoms with van der Waals surface area (Å²) >= 11 is 0. The molecule has 0 spiro atoms. The number of carbonyl (C=O) groups is 1. The molecule has 1 amide bonds. The highest BCUT2D eigenvalue weighted by atomic mass is 16.4. The lowest BCUT2D eigenvalue weighted by Crippen LogP contribution is -3.11. The normalized spacial score (nSPS) is 12.3. The first-order chi connectivity index (χ1) is 13.5. The number of rotatable bonds is 9. The lowest BCUT2D eigenvalue weighted by molar-refractivity contribution is -0.907. The van der Waals surface area contributed by atoms with E-state index < -0.39 is 0 Å². The standard InChI is InChI=1S/C21H26N4O3/c1-4-11-25(14-20-23-24-21(28-20)18-6-5-12-27-18)13-19(26)22-17-9-7-16(8-10-17)15(2)3/h5-10,12,15H,4,11,13-14H2,1-3H3,(H,22,26)/p+1. The first kappa shape index (κ1) is 19.8. The highest BCUT2D eigenvalue weighted by Gasteiger charge is 2.19. The van der Waals surface area contributed by atoms with Crippen LogP contribution in [0.1, 0.15) is 44.6 Å². The number of hydrogen-bond donors (Lipinski definition) is 2. The van der Waals surface area contributed by atoms with Gasteiger partial charge in [0.05, 0.1) is 12.8 Å². The molecule has 0 radical (unpaired) electrons. The maximum absolute atomic E-state index is 12.5. The van der Waals surface area contributed by atoms with Gasteiger partial charge in [0.15, 0.2) is 18.8 Å². The Labute approximate surface area is 164 Å². The van der Waals surface area contributed by atoms with Crippen molar-refractivity contribution in [2.24, 2.45) is 0 Å². The fourth-order valence-electron chi connectivity index (χ4n) is 3.02. The van der Waals surface area contributed by atoms with Crippen LogP contribution in [0.5, 0.6) is 0 Å². The van der Waals surface area contributed by atoms with Gasteiger partial charge >= 0.3 is 0 Å². The van der Waals surface area contributed by atoms with Crippen molar-refractivity contribution in [3.05, 3.63) is 54.1 Å². The lowest BCUT2D eigenvalue weighted by atomic mass is 10.0. The summed E-state index contributed by atoms with van der Waals surface area (Å²) in [5.74, 6) is 1.81. The molecule has 2 heterocycles. The molecule has 0 aliphatic carbocycles. The zero-order valence-electron chi connectivity index (χ0n) is 16.6. The Morgan fingerprint density at radius 3 is 2.61 bits per heavy atom. The molecule has 7 nitrogen and oxygen atoms in total. The van der Waals surface area contributed by atoms with Crippen molar-refractivity contribution in [3.8, 4) is 11.7 Å². The van der Waals surface area contributed by atoms with Crippen LogP contribution in [0.4, 0.5) is 5.69 Å². The number of hydrogen-bond acceptors (Lipinski definition) is 5. The van der Waals surface area contributed by atoms with E-state index in [4.69, 9.17) is 8.83 Å². The second kappa shape index (κ2) is 9.32.